The molecule has 3 rings (SSSR count). The fourth-order valence-corrected chi connectivity index (χ4v) is 2.59. The number of hydrogen-bond acceptors (Lipinski definition) is 4. The van der Waals surface area contributed by atoms with Crippen LogP contribution in [0.2, 0.25) is 0 Å². The molecule has 130 valence electrons. The molecule has 0 saturated carbocycles. The van der Waals surface area contributed by atoms with Gasteiger partial charge in [-0.05, 0) is 41.5 Å². The SMILES string of the molecule is COC(=O)c1cccc(OC/C=C(/c2ccccc2)c2cccnc2)c1. The summed E-state index contributed by atoms with van der Waals surface area (Å²) in [5.74, 6) is 0.231. The average Bonchev–Trinajstić information content (AvgIpc) is 2.72. The number of aromatic nitrogens is 1. The number of carbonyl (C=O) groups is 1. The zero-order valence-corrected chi connectivity index (χ0v) is 14.5. The highest BCUT2D eigenvalue weighted by Crippen LogP contribution is 2.23. The smallest absolute Gasteiger partial charge is 0.337 e. The highest BCUT2D eigenvalue weighted by Gasteiger charge is 2.07. The molecular formula is C22H19NO3. The second-order valence-corrected chi connectivity index (χ2v) is 5.56. The number of carbonyl (C=O) groups excluding carboxylic acids is 1. The predicted octanol–water partition coefficient (Wildman–Crippen LogP) is 4.38. The molecule has 26 heavy (non-hydrogen) atoms. The van der Waals surface area contributed by atoms with Gasteiger partial charge in [0.2, 0.25) is 0 Å². The summed E-state index contributed by atoms with van der Waals surface area (Å²) >= 11 is 0. The number of ether oxygens (including phenoxy) is 2. The summed E-state index contributed by atoms with van der Waals surface area (Å²) in [6.07, 6.45) is 5.59. The van der Waals surface area contributed by atoms with Crippen LogP contribution in [0.5, 0.6) is 5.75 Å². The number of hydrogen-bond donors (Lipinski definition) is 0. The molecule has 2 aromatic carbocycles. The lowest BCUT2D eigenvalue weighted by atomic mass is 9.99. The van der Waals surface area contributed by atoms with Gasteiger partial charge in [0.25, 0.3) is 0 Å². The fourth-order valence-electron chi connectivity index (χ4n) is 2.59. The summed E-state index contributed by atoms with van der Waals surface area (Å²) in [5, 5.41) is 0. The number of benzene rings is 2. The third-order valence-corrected chi connectivity index (χ3v) is 3.85. The summed E-state index contributed by atoms with van der Waals surface area (Å²) < 4.78 is 10.5. The minimum Gasteiger partial charge on any atom is -0.489 e. The molecule has 0 aliphatic heterocycles. The zero-order valence-electron chi connectivity index (χ0n) is 14.5. The Hall–Kier alpha value is -3.40. The van der Waals surface area contributed by atoms with Crippen LogP contribution in [0.15, 0.2) is 85.2 Å². The monoisotopic (exact) mass is 345 g/mol. The molecule has 1 heterocycles. The van der Waals surface area contributed by atoms with Crippen molar-refractivity contribution >= 4 is 11.5 Å². The van der Waals surface area contributed by atoms with Crippen LogP contribution in [-0.4, -0.2) is 24.7 Å². The van der Waals surface area contributed by atoms with Crippen molar-refractivity contribution in [3.63, 3.8) is 0 Å². The van der Waals surface area contributed by atoms with Crippen molar-refractivity contribution in [3.05, 3.63) is 102 Å². The lowest BCUT2D eigenvalue weighted by molar-refractivity contribution is 0.0600. The first-order valence-corrected chi connectivity index (χ1v) is 8.25. The van der Waals surface area contributed by atoms with Crippen molar-refractivity contribution in [1.29, 1.82) is 0 Å². The summed E-state index contributed by atoms with van der Waals surface area (Å²) in [6, 6.07) is 21.0. The van der Waals surface area contributed by atoms with Crippen LogP contribution < -0.4 is 4.74 Å². The van der Waals surface area contributed by atoms with Gasteiger partial charge >= 0.3 is 5.97 Å². The molecule has 0 unspecified atom stereocenters. The van der Waals surface area contributed by atoms with E-state index in [0.717, 1.165) is 16.7 Å². The molecule has 0 aliphatic carbocycles. The normalized spacial score (nSPS) is 11.0. The van der Waals surface area contributed by atoms with E-state index in [0.29, 0.717) is 17.9 Å². The maximum atomic E-state index is 11.6. The maximum absolute atomic E-state index is 11.6. The Morgan fingerprint density at radius 3 is 2.46 bits per heavy atom. The molecule has 0 aliphatic rings. The number of esters is 1. The number of nitrogens with zero attached hydrogens (tertiary/aromatic N) is 1. The molecule has 0 spiro atoms. The molecule has 0 amide bonds. The largest absolute Gasteiger partial charge is 0.489 e. The van der Waals surface area contributed by atoms with Crippen molar-refractivity contribution < 1.29 is 14.3 Å². The van der Waals surface area contributed by atoms with Crippen LogP contribution in [0, 0.1) is 0 Å². The lowest BCUT2D eigenvalue weighted by Crippen LogP contribution is -2.02. The van der Waals surface area contributed by atoms with Gasteiger partial charge in [-0.15, -0.1) is 0 Å². The fraction of sp³-hybridized carbons (Fsp3) is 0.0909. The number of methoxy groups -OCH3 is 1. The minimum absolute atomic E-state index is 0.365. The van der Waals surface area contributed by atoms with Gasteiger partial charge in [-0.25, -0.2) is 4.79 Å². The van der Waals surface area contributed by atoms with Crippen molar-refractivity contribution in [3.8, 4) is 5.75 Å². The van der Waals surface area contributed by atoms with E-state index in [1.165, 1.54) is 7.11 Å². The van der Waals surface area contributed by atoms with Crippen LogP contribution in [0.3, 0.4) is 0 Å². The molecule has 0 radical (unpaired) electrons. The van der Waals surface area contributed by atoms with E-state index in [2.05, 4.69) is 17.1 Å². The summed E-state index contributed by atoms with van der Waals surface area (Å²) in [7, 11) is 1.36. The first-order valence-electron chi connectivity index (χ1n) is 8.25. The molecule has 4 heteroatoms. The van der Waals surface area contributed by atoms with Crippen molar-refractivity contribution in [2.75, 3.05) is 13.7 Å². The van der Waals surface area contributed by atoms with Crippen LogP contribution in [0.25, 0.3) is 5.57 Å². The molecule has 3 aromatic rings. The molecule has 0 saturated heterocycles. The maximum Gasteiger partial charge on any atom is 0.337 e. The van der Waals surface area contributed by atoms with E-state index in [9.17, 15) is 4.79 Å². The Bertz CT molecular complexity index is 848. The number of rotatable bonds is 6. The van der Waals surface area contributed by atoms with Crippen LogP contribution in [0.4, 0.5) is 0 Å². The summed E-state index contributed by atoms with van der Waals surface area (Å²) in [5.41, 5.74) is 3.62. The van der Waals surface area contributed by atoms with Gasteiger partial charge in [0.15, 0.2) is 0 Å². The Kier molecular flexibility index (Phi) is 5.78. The van der Waals surface area contributed by atoms with Crippen molar-refractivity contribution in [2.24, 2.45) is 0 Å². The molecule has 1 aromatic heterocycles. The van der Waals surface area contributed by atoms with E-state index in [-0.39, 0.29) is 5.97 Å². The molecule has 0 bridgehead atoms. The lowest BCUT2D eigenvalue weighted by Gasteiger charge is -2.10. The van der Waals surface area contributed by atoms with Gasteiger partial charge in [-0.2, -0.15) is 0 Å². The van der Waals surface area contributed by atoms with E-state index in [1.807, 2.05) is 48.7 Å². The highest BCUT2D eigenvalue weighted by atomic mass is 16.5. The van der Waals surface area contributed by atoms with Gasteiger partial charge in [0.1, 0.15) is 12.4 Å². The molecule has 4 nitrogen and oxygen atoms in total. The Morgan fingerprint density at radius 2 is 1.73 bits per heavy atom. The highest BCUT2D eigenvalue weighted by molar-refractivity contribution is 5.89. The Morgan fingerprint density at radius 1 is 0.962 bits per heavy atom. The first kappa shape index (κ1) is 17.4. The Labute approximate surface area is 152 Å². The number of pyridine rings is 1. The van der Waals surface area contributed by atoms with Gasteiger partial charge in [-0.3, -0.25) is 4.98 Å². The van der Waals surface area contributed by atoms with E-state index in [1.54, 1.807) is 24.4 Å². The van der Waals surface area contributed by atoms with Crippen LogP contribution >= 0.6 is 0 Å². The topological polar surface area (TPSA) is 48.4 Å². The van der Waals surface area contributed by atoms with E-state index < -0.39 is 0 Å². The minimum atomic E-state index is -0.383. The summed E-state index contributed by atoms with van der Waals surface area (Å²) in [6.45, 7) is 0.365. The van der Waals surface area contributed by atoms with Crippen LogP contribution in [-0.2, 0) is 4.74 Å². The van der Waals surface area contributed by atoms with Crippen molar-refractivity contribution in [2.45, 2.75) is 0 Å². The second-order valence-electron chi connectivity index (χ2n) is 5.56. The molecule has 0 atom stereocenters. The predicted molar refractivity (Wildman–Crippen MR) is 101 cm³/mol. The first-order chi connectivity index (χ1) is 12.8. The second kappa shape index (κ2) is 8.62. The zero-order chi connectivity index (χ0) is 18.2. The third-order valence-electron chi connectivity index (χ3n) is 3.85. The van der Waals surface area contributed by atoms with Gasteiger partial charge in [0.05, 0.1) is 12.7 Å². The average molecular weight is 345 g/mol. The molecular weight excluding hydrogens is 326 g/mol. The molecule has 0 N–H and O–H groups in total. The van der Waals surface area contributed by atoms with E-state index in [4.69, 9.17) is 9.47 Å². The van der Waals surface area contributed by atoms with Gasteiger partial charge in [-0.1, -0.05) is 42.5 Å². The summed E-state index contributed by atoms with van der Waals surface area (Å²) in [4.78, 5) is 15.8. The quantitative estimate of drug-likeness (QED) is 0.622. The van der Waals surface area contributed by atoms with E-state index >= 15 is 0 Å². The standard InChI is InChI=1S/C22H19NO3/c1-25-22(24)18-9-5-11-20(15-18)26-14-12-21(17-7-3-2-4-8-17)19-10-6-13-23-16-19/h2-13,15-16H,14H2,1H3/b21-12-. The Balaban J connectivity index is 1.81. The van der Waals surface area contributed by atoms with Gasteiger partial charge < -0.3 is 9.47 Å². The van der Waals surface area contributed by atoms with Crippen LogP contribution in [0.1, 0.15) is 21.5 Å². The van der Waals surface area contributed by atoms with Crippen molar-refractivity contribution in [1.82, 2.24) is 4.98 Å². The molecule has 0 fully saturated rings. The van der Waals surface area contributed by atoms with Gasteiger partial charge in [0, 0.05) is 18.0 Å². The third kappa shape index (κ3) is 4.36.